The summed E-state index contributed by atoms with van der Waals surface area (Å²) in [6.07, 6.45) is 2.08. The van der Waals surface area contributed by atoms with Gasteiger partial charge in [-0.3, -0.25) is 14.4 Å². The minimum absolute atomic E-state index is 0.197. The van der Waals surface area contributed by atoms with Crippen LogP contribution >= 0.6 is 0 Å². The lowest BCUT2D eigenvalue weighted by atomic mass is 9.96. The van der Waals surface area contributed by atoms with Gasteiger partial charge in [0.2, 0.25) is 17.7 Å². The Kier molecular flexibility index (Phi) is 10.4. The fraction of sp³-hybridized carbons (Fsp3) is 0.448. The monoisotopic (exact) mass is 522 g/mol. The molecule has 0 saturated carbocycles. The Balaban J connectivity index is 1.77. The number of nitrogens with zero attached hydrogens (tertiary/aromatic N) is 1. The molecule has 38 heavy (non-hydrogen) atoms. The van der Waals surface area contributed by atoms with E-state index in [1.54, 1.807) is 0 Å². The normalized spacial score (nSPS) is 18.2. The standard InChI is InChI=1S/C29H38N4O5/c1-3-19(2)25(32-26(34)22(30)17-20-11-6-4-7-12-20)27(35)31-23(18-21-13-8-5-9-14-21)28(36)33-16-10-15-24(33)29(37)38/h4-9,11-14,19,22-25H,3,10,15-18,30H2,1-2H3,(H,31,35)(H,32,34)(H,37,38). The number of carbonyl (C=O) groups excluding carboxylic acids is 3. The average Bonchev–Trinajstić information content (AvgIpc) is 3.42. The smallest absolute Gasteiger partial charge is 0.326 e. The Morgan fingerprint density at radius 2 is 1.53 bits per heavy atom. The third kappa shape index (κ3) is 7.64. The Labute approximate surface area is 223 Å². The Morgan fingerprint density at radius 1 is 0.947 bits per heavy atom. The van der Waals surface area contributed by atoms with Crippen molar-refractivity contribution in [2.75, 3.05) is 6.54 Å². The first-order valence-electron chi connectivity index (χ1n) is 13.2. The average molecular weight is 523 g/mol. The maximum atomic E-state index is 13.5. The van der Waals surface area contributed by atoms with Crippen molar-refractivity contribution in [3.05, 3.63) is 71.8 Å². The van der Waals surface area contributed by atoms with Gasteiger partial charge in [0, 0.05) is 13.0 Å². The predicted molar refractivity (Wildman–Crippen MR) is 144 cm³/mol. The maximum Gasteiger partial charge on any atom is 0.326 e. The zero-order valence-electron chi connectivity index (χ0n) is 22.0. The number of nitrogens with two attached hydrogens (primary N) is 1. The van der Waals surface area contributed by atoms with Gasteiger partial charge >= 0.3 is 5.97 Å². The van der Waals surface area contributed by atoms with E-state index in [9.17, 15) is 24.3 Å². The van der Waals surface area contributed by atoms with Gasteiger partial charge in [-0.25, -0.2) is 4.79 Å². The quantitative estimate of drug-likeness (QED) is 0.335. The number of aliphatic carboxylic acids is 1. The van der Waals surface area contributed by atoms with Crippen LogP contribution in [-0.2, 0) is 32.0 Å². The van der Waals surface area contributed by atoms with Crippen molar-refractivity contribution >= 4 is 23.7 Å². The van der Waals surface area contributed by atoms with Gasteiger partial charge < -0.3 is 26.4 Å². The number of rotatable bonds is 12. The topological polar surface area (TPSA) is 142 Å². The van der Waals surface area contributed by atoms with Gasteiger partial charge in [0.25, 0.3) is 0 Å². The molecule has 5 unspecified atom stereocenters. The molecule has 1 aliphatic rings. The molecule has 3 rings (SSSR count). The Bertz CT molecular complexity index is 1090. The predicted octanol–water partition coefficient (Wildman–Crippen LogP) is 1.89. The van der Waals surface area contributed by atoms with Gasteiger partial charge in [-0.1, -0.05) is 80.9 Å². The summed E-state index contributed by atoms with van der Waals surface area (Å²) >= 11 is 0. The van der Waals surface area contributed by atoms with E-state index >= 15 is 0 Å². The van der Waals surface area contributed by atoms with Crippen molar-refractivity contribution in [3.63, 3.8) is 0 Å². The molecular weight excluding hydrogens is 484 g/mol. The zero-order valence-corrected chi connectivity index (χ0v) is 22.0. The lowest BCUT2D eigenvalue weighted by molar-refractivity contribution is -0.149. The molecule has 2 aromatic carbocycles. The van der Waals surface area contributed by atoms with Crippen LogP contribution in [0.15, 0.2) is 60.7 Å². The van der Waals surface area contributed by atoms with E-state index in [4.69, 9.17) is 5.73 Å². The number of benzene rings is 2. The van der Waals surface area contributed by atoms with Gasteiger partial charge in [0.15, 0.2) is 0 Å². The molecular formula is C29H38N4O5. The largest absolute Gasteiger partial charge is 0.480 e. The van der Waals surface area contributed by atoms with Gasteiger partial charge in [-0.2, -0.15) is 0 Å². The first kappa shape index (κ1) is 28.8. The molecule has 0 spiro atoms. The molecule has 0 radical (unpaired) electrons. The summed E-state index contributed by atoms with van der Waals surface area (Å²) in [6, 6.07) is 15.0. The van der Waals surface area contributed by atoms with Crippen LogP contribution in [0.5, 0.6) is 0 Å². The summed E-state index contributed by atoms with van der Waals surface area (Å²) in [6.45, 7) is 4.08. The van der Waals surface area contributed by atoms with E-state index in [0.717, 1.165) is 11.1 Å². The summed E-state index contributed by atoms with van der Waals surface area (Å²) in [5.41, 5.74) is 7.89. The molecule has 204 valence electrons. The fourth-order valence-electron chi connectivity index (χ4n) is 4.72. The summed E-state index contributed by atoms with van der Waals surface area (Å²) in [5, 5.41) is 15.2. The molecule has 9 heteroatoms. The van der Waals surface area contributed by atoms with Crippen LogP contribution in [-0.4, -0.2) is 64.4 Å². The first-order valence-corrected chi connectivity index (χ1v) is 13.2. The number of hydrogen-bond acceptors (Lipinski definition) is 5. The number of carboxylic acids is 1. The number of nitrogens with one attached hydrogen (secondary N) is 2. The molecule has 1 saturated heterocycles. The van der Waals surface area contributed by atoms with Gasteiger partial charge in [-0.05, 0) is 36.3 Å². The Hall–Kier alpha value is -3.72. The molecule has 1 aliphatic heterocycles. The van der Waals surface area contributed by atoms with Crippen LogP contribution in [0.3, 0.4) is 0 Å². The van der Waals surface area contributed by atoms with E-state index in [-0.39, 0.29) is 12.3 Å². The highest BCUT2D eigenvalue weighted by molar-refractivity contribution is 5.94. The van der Waals surface area contributed by atoms with Crippen LogP contribution in [0.25, 0.3) is 0 Å². The van der Waals surface area contributed by atoms with E-state index in [0.29, 0.717) is 32.2 Å². The number of carboxylic acid groups (broad SMARTS) is 1. The second kappa shape index (κ2) is 13.7. The molecule has 9 nitrogen and oxygen atoms in total. The first-order chi connectivity index (χ1) is 18.2. The SMILES string of the molecule is CCC(C)C(NC(=O)C(N)Cc1ccccc1)C(=O)NC(Cc1ccccc1)C(=O)N1CCCC1C(=O)O. The minimum atomic E-state index is -1.06. The lowest BCUT2D eigenvalue weighted by Gasteiger charge is -2.30. The van der Waals surface area contributed by atoms with Gasteiger partial charge in [-0.15, -0.1) is 0 Å². The van der Waals surface area contributed by atoms with Crippen molar-refractivity contribution in [1.82, 2.24) is 15.5 Å². The second-order valence-corrected chi connectivity index (χ2v) is 9.95. The van der Waals surface area contributed by atoms with E-state index in [1.165, 1.54) is 4.90 Å². The van der Waals surface area contributed by atoms with Crippen LogP contribution in [0.4, 0.5) is 0 Å². The number of likely N-dealkylation sites (tertiary alicyclic amines) is 1. The molecule has 2 aromatic rings. The number of hydrogen-bond donors (Lipinski definition) is 4. The summed E-state index contributed by atoms with van der Waals surface area (Å²) in [5.74, 6) is -2.68. The highest BCUT2D eigenvalue weighted by Gasteiger charge is 2.39. The zero-order chi connectivity index (χ0) is 27.7. The highest BCUT2D eigenvalue weighted by atomic mass is 16.4. The summed E-state index contributed by atoms with van der Waals surface area (Å²) in [4.78, 5) is 53.1. The molecule has 0 aliphatic carbocycles. The van der Waals surface area contributed by atoms with Crippen molar-refractivity contribution in [3.8, 4) is 0 Å². The molecule has 0 aromatic heterocycles. The molecule has 5 N–H and O–H groups in total. The van der Waals surface area contributed by atoms with E-state index in [1.807, 2.05) is 74.5 Å². The summed E-state index contributed by atoms with van der Waals surface area (Å²) in [7, 11) is 0. The second-order valence-electron chi connectivity index (χ2n) is 9.95. The lowest BCUT2D eigenvalue weighted by Crippen LogP contribution is -2.59. The molecule has 5 atom stereocenters. The molecule has 3 amide bonds. The van der Waals surface area contributed by atoms with E-state index in [2.05, 4.69) is 10.6 Å². The van der Waals surface area contributed by atoms with Crippen LogP contribution in [0, 0.1) is 5.92 Å². The number of amides is 3. The fourth-order valence-corrected chi connectivity index (χ4v) is 4.72. The molecule has 1 fully saturated rings. The van der Waals surface area contributed by atoms with Crippen LogP contribution in [0.2, 0.25) is 0 Å². The van der Waals surface area contributed by atoms with Crippen molar-refractivity contribution in [2.24, 2.45) is 11.7 Å². The summed E-state index contributed by atoms with van der Waals surface area (Å²) < 4.78 is 0. The van der Waals surface area contributed by atoms with Crippen molar-refractivity contribution < 1.29 is 24.3 Å². The molecule has 1 heterocycles. The molecule has 0 bridgehead atoms. The van der Waals surface area contributed by atoms with E-state index < -0.39 is 47.9 Å². The van der Waals surface area contributed by atoms with Crippen molar-refractivity contribution in [2.45, 2.75) is 70.1 Å². The van der Waals surface area contributed by atoms with Crippen LogP contribution in [0.1, 0.15) is 44.2 Å². The third-order valence-corrected chi connectivity index (χ3v) is 7.15. The highest BCUT2D eigenvalue weighted by Crippen LogP contribution is 2.20. The maximum absolute atomic E-state index is 13.5. The minimum Gasteiger partial charge on any atom is -0.480 e. The number of carbonyl (C=O) groups is 4. The van der Waals surface area contributed by atoms with Crippen molar-refractivity contribution in [1.29, 1.82) is 0 Å². The van der Waals surface area contributed by atoms with Gasteiger partial charge in [0.05, 0.1) is 6.04 Å². The van der Waals surface area contributed by atoms with Crippen LogP contribution < -0.4 is 16.4 Å². The van der Waals surface area contributed by atoms with Gasteiger partial charge in [0.1, 0.15) is 18.1 Å². The third-order valence-electron chi connectivity index (χ3n) is 7.15. The Morgan fingerprint density at radius 3 is 2.08 bits per heavy atom.